The summed E-state index contributed by atoms with van der Waals surface area (Å²) in [6.07, 6.45) is 2.92. The van der Waals surface area contributed by atoms with Crippen molar-refractivity contribution in [2.24, 2.45) is 0 Å². The van der Waals surface area contributed by atoms with Crippen LogP contribution in [0.2, 0.25) is 0 Å². The van der Waals surface area contributed by atoms with Gasteiger partial charge in [-0.05, 0) is 44.0 Å². The molecule has 0 saturated carbocycles. The lowest BCUT2D eigenvalue weighted by molar-refractivity contribution is -0.130. The normalized spacial score (nSPS) is 16.8. The Hall–Kier alpha value is -1.63. The van der Waals surface area contributed by atoms with Crippen LogP contribution >= 0.6 is 0 Å². The number of benzene rings is 1. The van der Waals surface area contributed by atoms with Crippen molar-refractivity contribution < 1.29 is 17.6 Å². The van der Waals surface area contributed by atoms with E-state index in [1.807, 2.05) is 0 Å². The van der Waals surface area contributed by atoms with Gasteiger partial charge in [-0.3, -0.25) is 9.10 Å². The number of likely N-dealkylation sites (tertiary alicyclic amines) is 1. The molecule has 116 valence electrons. The van der Waals surface area contributed by atoms with Crippen LogP contribution in [0.1, 0.15) is 19.8 Å². The summed E-state index contributed by atoms with van der Waals surface area (Å²) in [5, 5.41) is 0. The van der Waals surface area contributed by atoms with Crippen molar-refractivity contribution in [3.05, 3.63) is 30.1 Å². The molecule has 0 aromatic heterocycles. The summed E-state index contributed by atoms with van der Waals surface area (Å²) < 4.78 is 38.1. The molecule has 0 spiro atoms. The van der Waals surface area contributed by atoms with E-state index < -0.39 is 21.9 Å². The highest BCUT2D eigenvalue weighted by Gasteiger charge is 2.32. The van der Waals surface area contributed by atoms with Crippen LogP contribution in [-0.4, -0.2) is 44.6 Å². The molecule has 7 heteroatoms. The van der Waals surface area contributed by atoms with Crippen LogP contribution in [0, 0.1) is 5.82 Å². The zero-order valence-electron chi connectivity index (χ0n) is 12.1. The maximum absolute atomic E-state index is 13.0. The van der Waals surface area contributed by atoms with E-state index in [4.69, 9.17) is 0 Å². The third kappa shape index (κ3) is 3.53. The van der Waals surface area contributed by atoms with Gasteiger partial charge in [0.2, 0.25) is 15.9 Å². The zero-order chi connectivity index (χ0) is 15.6. The quantitative estimate of drug-likeness (QED) is 0.848. The SMILES string of the molecule is CC(C(=O)N1CCCC1)N(c1ccc(F)cc1)S(C)(=O)=O. The third-order valence-corrected chi connectivity index (χ3v) is 4.81. The minimum absolute atomic E-state index is 0.220. The number of carbonyl (C=O) groups excluding carboxylic acids is 1. The maximum atomic E-state index is 13.0. The van der Waals surface area contributed by atoms with Crippen LogP contribution in [-0.2, 0) is 14.8 Å². The average molecular weight is 314 g/mol. The van der Waals surface area contributed by atoms with Crippen molar-refractivity contribution in [1.82, 2.24) is 4.90 Å². The van der Waals surface area contributed by atoms with Crippen LogP contribution in [0.25, 0.3) is 0 Å². The minimum atomic E-state index is -3.64. The Morgan fingerprint density at radius 3 is 2.24 bits per heavy atom. The van der Waals surface area contributed by atoms with Crippen molar-refractivity contribution in [3.8, 4) is 0 Å². The molecule has 1 amide bonds. The van der Waals surface area contributed by atoms with Crippen molar-refractivity contribution in [3.63, 3.8) is 0 Å². The first-order valence-electron chi connectivity index (χ1n) is 6.84. The molecule has 0 bridgehead atoms. The van der Waals surface area contributed by atoms with E-state index in [2.05, 4.69) is 0 Å². The number of hydrogen-bond acceptors (Lipinski definition) is 3. The number of hydrogen-bond donors (Lipinski definition) is 0. The van der Waals surface area contributed by atoms with E-state index in [0.717, 1.165) is 23.4 Å². The number of amides is 1. The lowest BCUT2D eigenvalue weighted by Crippen LogP contribution is -2.48. The molecule has 1 aliphatic heterocycles. The molecular formula is C14H19FN2O3S. The van der Waals surface area contributed by atoms with Crippen molar-refractivity contribution in [1.29, 1.82) is 0 Å². The van der Waals surface area contributed by atoms with Crippen LogP contribution in [0.5, 0.6) is 0 Å². The summed E-state index contributed by atoms with van der Waals surface area (Å²) in [7, 11) is -3.64. The number of halogens is 1. The molecule has 1 aliphatic rings. The number of nitrogens with zero attached hydrogens (tertiary/aromatic N) is 2. The first kappa shape index (κ1) is 15.8. The molecule has 1 saturated heterocycles. The van der Waals surface area contributed by atoms with Crippen molar-refractivity contribution in [2.75, 3.05) is 23.7 Å². The highest BCUT2D eigenvalue weighted by Crippen LogP contribution is 2.23. The number of anilines is 1. The topological polar surface area (TPSA) is 57.7 Å². The molecule has 0 radical (unpaired) electrons. The largest absolute Gasteiger partial charge is 0.341 e. The van der Waals surface area contributed by atoms with E-state index in [0.29, 0.717) is 18.8 Å². The summed E-state index contributed by atoms with van der Waals surface area (Å²) in [4.78, 5) is 14.1. The Kier molecular flexibility index (Phi) is 4.51. The first-order chi connectivity index (χ1) is 9.80. The number of rotatable bonds is 4. The Balaban J connectivity index is 2.32. The van der Waals surface area contributed by atoms with Crippen molar-refractivity contribution in [2.45, 2.75) is 25.8 Å². The van der Waals surface area contributed by atoms with Gasteiger partial charge in [0.1, 0.15) is 11.9 Å². The lowest BCUT2D eigenvalue weighted by Gasteiger charge is -2.30. The number of sulfonamides is 1. The fourth-order valence-electron chi connectivity index (χ4n) is 2.59. The zero-order valence-corrected chi connectivity index (χ0v) is 12.9. The molecule has 1 fully saturated rings. The monoisotopic (exact) mass is 314 g/mol. The fraction of sp³-hybridized carbons (Fsp3) is 0.500. The molecule has 5 nitrogen and oxygen atoms in total. The second kappa shape index (κ2) is 6.01. The van der Waals surface area contributed by atoms with Gasteiger partial charge in [0.05, 0.1) is 11.9 Å². The fourth-order valence-corrected chi connectivity index (χ4v) is 3.76. The predicted molar refractivity (Wildman–Crippen MR) is 79.0 cm³/mol. The molecule has 1 aromatic rings. The van der Waals surface area contributed by atoms with Gasteiger partial charge in [0.15, 0.2) is 0 Å². The highest BCUT2D eigenvalue weighted by molar-refractivity contribution is 7.92. The van der Waals surface area contributed by atoms with E-state index in [1.54, 1.807) is 11.8 Å². The molecule has 0 aliphatic carbocycles. The highest BCUT2D eigenvalue weighted by atomic mass is 32.2. The van der Waals surface area contributed by atoms with E-state index in [-0.39, 0.29) is 5.91 Å². The third-order valence-electron chi connectivity index (χ3n) is 3.57. The van der Waals surface area contributed by atoms with Gasteiger partial charge < -0.3 is 4.90 Å². The van der Waals surface area contributed by atoms with Crippen LogP contribution in [0.15, 0.2) is 24.3 Å². The van der Waals surface area contributed by atoms with Gasteiger partial charge in [-0.1, -0.05) is 0 Å². The lowest BCUT2D eigenvalue weighted by atomic mass is 10.2. The second-order valence-electron chi connectivity index (χ2n) is 5.24. The smallest absolute Gasteiger partial charge is 0.246 e. The van der Waals surface area contributed by atoms with Gasteiger partial charge >= 0.3 is 0 Å². The Bertz CT molecular complexity index is 610. The predicted octanol–water partition coefficient (Wildman–Crippen LogP) is 1.60. The molecular weight excluding hydrogens is 295 g/mol. The maximum Gasteiger partial charge on any atom is 0.246 e. The standard InChI is InChI=1S/C14H19FN2O3S/c1-11(14(18)16-9-3-4-10-16)17(21(2,19)20)13-7-5-12(15)6-8-13/h5-8,11H,3-4,9-10H2,1-2H3. The van der Waals surface area contributed by atoms with Gasteiger partial charge in [-0.2, -0.15) is 0 Å². The second-order valence-corrected chi connectivity index (χ2v) is 7.10. The van der Waals surface area contributed by atoms with Gasteiger partial charge in [-0.25, -0.2) is 12.8 Å². The van der Waals surface area contributed by atoms with E-state index >= 15 is 0 Å². The average Bonchev–Trinajstić information content (AvgIpc) is 2.92. The van der Waals surface area contributed by atoms with Crippen LogP contribution < -0.4 is 4.31 Å². The molecule has 1 aromatic carbocycles. The summed E-state index contributed by atoms with van der Waals surface area (Å²) in [5.74, 6) is -0.673. The Labute approximate surface area is 124 Å². The van der Waals surface area contributed by atoms with Crippen LogP contribution in [0.4, 0.5) is 10.1 Å². The molecule has 21 heavy (non-hydrogen) atoms. The Morgan fingerprint density at radius 1 is 1.24 bits per heavy atom. The van der Waals surface area contributed by atoms with E-state index in [1.165, 1.54) is 24.3 Å². The molecule has 1 unspecified atom stereocenters. The van der Waals surface area contributed by atoms with Gasteiger partial charge in [0.25, 0.3) is 0 Å². The van der Waals surface area contributed by atoms with Gasteiger partial charge in [-0.15, -0.1) is 0 Å². The minimum Gasteiger partial charge on any atom is -0.341 e. The van der Waals surface area contributed by atoms with Gasteiger partial charge in [0, 0.05) is 13.1 Å². The molecule has 1 heterocycles. The summed E-state index contributed by atoms with van der Waals surface area (Å²) in [5.41, 5.74) is 0.291. The first-order valence-corrected chi connectivity index (χ1v) is 8.69. The molecule has 1 atom stereocenters. The van der Waals surface area contributed by atoms with Crippen LogP contribution in [0.3, 0.4) is 0 Å². The molecule has 2 rings (SSSR count). The number of carbonyl (C=O) groups is 1. The molecule has 0 N–H and O–H groups in total. The summed E-state index contributed by atoms with van der Waals surface area (Å²) in [6, 6.07) is 4.25. The van der Waals surface area contributed by atoms with E-state index in [9.17, 15) is 17.6 Å². The van der Waals surface area contributed by atoms with Crippen molar-refractivity contribution >= 4 is 21.6 Å². The Morgan fingerprint density at radius 2 is 1.76 bits per heavy atom. The summed E-state index contributed by atoms with van der Waals surface area (Å²) in [6.45, 7) is 2.87. The summed E-state index contributed by atoms with van der Waals surface area (Å²) >= 11 is 0.